The minimum Gasteiger partial charge on any atom is -0.494 e. The van der Waals surface area contributed by atoms with Crippen LogP contribution in [0.2, 0.25) is 0 Å². The molecule has 0 spiro atoms. The third-order valence-corrected chi connectivity index (χ3v) is 5.12. The van der Waals surface area contributed by atoms with Gasteiger partial charge < -0.3 is 15.4 Å². The Morgan fingerprint density at radius 2 is 2.03 bits per heavy atom. The van der Waals surface area contributed by atoms with Gasteiger partial charge in [-0.2, -0.15) is 5.10 Å². The number of carbonyl (C=O) groups excluding carboxylic acids is 1. The van der Waals surface area contributed by atoms with Gasteiger partial charge in [-0.1, -0.05) is 49.4 Å². The van der Waals surface area contributed by atoms with Gasteiger partial charge in [0, 0.05) is 6.54 Å². The highest BCUT2D eigenvalue weighted by molar-refractivity contribution is 6.00. The van der Waals surface area contributed by atoms with E-state index in [2.05, 4.69) is 27.9 Å². The van der Waals surface area contributed by atoms with E-state index in [9.17, 15) is 4.79 Å². The summed E-state index contributed by atoms with van der Waals surface area (Å²) in [6, 6.07) is 18.2. The van der Waals surface area contributed by atoms with Crippen molar-refractivity contribution in [2.75, 3.05) is 11.9 Å². The molecule has 4 rings (SSSR count). The van der Waals surface area contributed by atoms with Crippen LogP contribution in [0.4, 0.5) is 5.82 Å². The molecule has 2 heterocycles. The van der Waals surface area contributed by atoms with Crippen molar-refractivity contribution >= 4 is 11.7 Å². The highest BCUT2D eigenvalue weighted by Gasteiger charge is 2.30. The molecule has 1 amide bonds. The van der Waals surface area contributed by atoms with Crippen molar-refractivity contribution in [3.05, 3.63) is 77.0 Å². The first-order valence-electron chi connectivity index (χ1n) is 10.1. The van der Waals surface area contributed by atoms with E-state index in [-0.39, 0.29) is 11.9 Å². The SMILES string of the molecule is CCOc1cccc(CNC(=O)c2c(CC)nn3c2N[C@@H](c2ccccc2)C3)c1. The summed E-state index contributed by atoms with van der Waals surface area (Å²) in [5, 5.41) is 11.2. The lowest BCUT2D eigenvalue weighted by molar-refractivity contribution is 0.0950. The molecule has 1 atom stereocenters. The van der Waals surface area contributed by atoms with Crippen LogP contribution in [0.25, 0.3) is 0 Å². The maximum atomic E-state index is 13.0. The lowest BCUT2D eigenvalue weighted by atomic mass is 10.1. The van der Waals surface area contributed by atoms with E-state index in [1.54, 1.807) is 0 Å². The second-order valence-corrected chi connectivity index (χ2v) is 7.08. The Morgan fingerprint density at radius 3 is 2.79 bits per heavy atom. The maximum absolute atomic E-state index is 13.0. The largest absolute Gasteiger partial charge is 0.494 e. The van der Waals surface area contributed by atoms with E-state index < -0.39 is 0 Å². The summed E-state index contributed by atoms with van der Waals surface area (Å²) >= 11 is 0. The number of ether oxygens (including phenoxy) is 1. The third kappa shape index (κ3) is 3.97. The number of amides is 1. The van der Waals surface area contributed by atoms with Crippen LogP contribution >= 0.6 is 0 Å². The number of carbonyl (C=O) groups is 1. The number of nitrogens with zero attached hydrogens (tertiary/aromatic N) is 2. The molecule has 0 fully saturated rings. The van der Waals surface area contributed by atoms with Crippen molar-refractivity contribution < 1.29 is 9.53 Å². The van der Waals surface area contributed by atoms with Gasteiger partial charge >= 0.3 is 0 Å². The topological polar surface area (TPSA) is 68.2 Å². The van der Waals surface area contributed by atoms with Gasteiger partial charge in [0.1, 0.15) is 17.1 Å². The molecule has 150 valence electrons. The highest BCUT2D eigenvalue weighted by atomic mass is 16.5. The van der Waals surface area contributed by atoms with Crippen LogP contribution in [0, 0.1) is 0 Å². The van der Waals surface area contributed by atoms with Gasteiger partial charge in [0.2, 0.25) is 0 Å². The summed E-state index contributed by atoms with van der Waals surface area (Å²) < 4.78 is 7.46. The van der Waals surface area contributed by atoms with Crippen LogP contribution in [-0.4, -0.2) is 22.3 Å². The number of rotatable bonds is 7. The quantitative estimate of drug-likeness (QED) is 0.641. The Morgan fingerprint density at radius 1 is 1.21 bits per heavy atom. The van der Waals surface area contributed by atoms with Gasteiger partial charge in [0.15, 0.2) is 0 Å². The summed E-state index contributed by atoms with van der Waals surface area (Å²) in [6.07, 6.45) is 0.709. The van der Waals surface area contributed by atoms with E-state index in [0.29, 0.717) is 25.1 Å². The van der Waals surface area contributed by atoms with E-state index in [1.807, 2.05) is 61.0 Å². The van der Waals surface area contributed by atoms with Crippen molar-refractivity contribution in [3.8, 4) is 5.75 Å². The molecule has 6 nitrogen and oxygen atoms in total. The van der Waals surface area contributed by atoms with Crippen molar-refractivity contribution in [2.24, 2.45) is 0 Å². The number of nitrogens with one attached hydrogen (secondary N) is 2. The molecule has 0 radical (unpaired) electrons. The first-order valence-corrected chi connectivity index (χ1v) is 10.1. The lowest BCUT2D eigenvalue weighted by Crippen LogP contribution is -2.24. The Kier molecular flexibility index (Phi) is 5.51. The van der Waals surface area contributed by atoms with Crippen molar-refractivity contribution in [1.29, 1.82) is 0 Å². The Labute approximate surface area is 170 Å². The number of fused-ring (bicyclic) bond motifs is 1. The summed E-state index contributed by atoms with van der Waals surface area (Å²) in [5.41, 5.74) is 3.66. The van der Waals surface area contributed by atoms with E-state index in [0.717, 1.165) is 29.4 Å². The summed E-state index contributed by atoms with van der Waals surface area (Å²) in [5.74, 6) is 1.51. The first kappa shape index (κ1) is 19.1. The fraction of sp³-hybridized carbons (Fsp3) is 0.304. The molecule has 3 aromatic rings. The molecule has 0 aliphatic carbocycles. The summed E-state index contributed by atoms with van der Waals surface area (Å²) in [6.45, 7) is 5.75. The molecule has 1 aromatic heterocycles. The fourth-order valence-corrected chi connectivity index (χ4v) is 3.72. The number of hydrogen-bond donors (Lipinski definition) is 2. The fourth-order valence-electron chi connectivity index (χ4n) is 3.72. The van der Waals surface area contributed by atoms with Crippen molar-refractivity contribution in [2.45, 2.75) is 39.4 Å². The average Bonchev–Trinajstić information content (AvgIpc) is 3.31. The molecule has 29 heavy (non-hydrogen) atoms. The van der Waals surface area contributed by atoms with Gasteiger partial charge in [-0.25, -0.2) is 4.68 Å². The zero-order valence-corrected chi connectivity index (χ0v) is 16.8. The van der Waals surface area contributed by atoms with Gasteiger partial charge in [0.25, 0.3) is 5.91 Å². The zero-order valence-electron chi connectivity index (χ0n) is 16.8. The van der Waals surface area contributed by atoms with Crippen LogP contribution < -0.4 is 15.4 Å². The Bertz CT molecular complexity index is 997. The maximum Gasteiger partial charge on any atom is 0.257 e. The summed E-state index contributed by atoms with van der Waals surface area (Å²) in [4.78, 5) is 13.0. The van der Waals surface area contributed by atoms with Crippen LogP contribution in [-0.2, 0) is 19.5 Å². The van der Waals surface area contributed by atoms with E-state index in [1.165, 1.54) is 5.56 Å². The van der Waals surface area contributed by atoms with Crippen LogP contribution in [0.1, 0.15) is 47.1 Å². The van der Waals surface area contributed by atoms with E-state index in [4.69, 9.17) is 4.74 Å². The molecule has 0 saturated carbocycles. The Hall–Kier alpha value is -3.28. The predicted octanol–water partition coefficient (Wildman–Crippen LogP) is 3.94. The molecule has 2 N–H and O–H groups in total. The number of benzene rings is 2. The first-order chi connectivity index (χ1) is 14.2. The highest BCUT2D eigenvalue weighted by Crippen LogP contribution is 2.33. The van der Waals surface area contributed by atoms with Crippen molar-refractivity contribution in [3.63, 3.8) is 0 Å². The molecule has 0 unspecified atom stereocenters. The second kappa shape index (κ2) is 8.39. The van der Waals surface area contributed by atoms with Crippen LogP contribution in [0.5, 0.6) is 5.75 Å². The smallest absolute Gasteiger partial charge is 0.257 e. The molecule has 1 aliphatic heterocycles. The lowest BCUT2D eigenvalue weighted by Gasteiger charge is -2.12. The van der Waals surface area contributed by atoms with Gasteiger partial charge in [-0.15, -0.1) is 0 Å². The number of aryl methyl sites for hydroxylation is 1. The van der Waals surface area contributed by atoms with Gasteiger partial charge in [-0.3, -0.25) is 4.79 Å². The average molecular weight is 390 g/mol. The minimum atomic E-state index is -0.105. The standard InChI is InChI=1S/C23H26N4O2/c1-3-19-21(23(28)24-14-16-9-8-12-18(13-16)29-4-2)22-25-20(15-27(22)26-19)17-10-6-5-7-11-17/h5-13,20,25H,3-4,14-15H2,1-2H3,(H,24,28)/t20-/m1/s1. The summed E-state index contributed by atoms with van der Waals surface area (Å²) in [7, 11) is 0. The number of hydrogen-bond acceptors (Lipinski definition) is 4. The van der Waals surface area contributed by atoms with Gasteiger partial charge in [-0.05, 0) is 36.6 Å². The predicted molar refractivity (Wildman–Crippen MR) is 113 cm³/mol. The molecule has 6 heteroatoms. The number of aromatic nitrogens is 2. The second-order valence-electron chi connectivity index (χ2n) is 7.08. The molecule has 0 saturated heterocycles. The normalized spacial score (nSPS) is 14.9. The molecular weight excluding hydrogens is 364 g/mol. The molecular formula is C23H26N4O2. The zero-order chi connectivity index (χ0) is 20.2. The van der Waals surface area contributed by atoms with E-state index >= 15 is 0 Å². The molecule has 0 bridgehead atoms. The van der Waals surface area contributed by atoms with Crippen LogP contribution in [0.3, 0.4) is 0 Å². The molecule has 1 aliphatic rings. The third-order valence-electron chi connectivity index (χ3n) is 5.12. The monoisotopic (exact) mass is 390 g/mol. The van der Waals surface area contributed by atoms with Gasteiger partial charge in [0.05, 0.1) is 24.9 Å². The minimum absolute atomic E-state index is 0.105. The molecule has 2 aromatic carbocycles. The number of anilines is 1. The van der Waals surface area contributed by atoms with Crippen molar-refractivity contribution in [1.82, 2.24) is 15.1 Å². The Balaban J connectivity index is 1.50. The van der Waals surface area contributed by atoms with Crippen LogP contribution in [0.15, 0.2) is 54.6 Å².